The zero-order valence-corrected chi connectivity index (χ0v) is 21.0. The number of ether oxygens (including phenoxy) is 2. The van der Waals surface area contributed by atoms with Gasteiger partial charge in [-0.3, -0.25) is 14.4 Å². The molecule has 0 aliphatic carbocycles. The lowest BCUT2D eigenvalue weighted by Crippen LogP contribution is -2.46. The van der Waals surface area contributed by atoms with Crippen molar-refractivity contribution in [2.75, 3.05) is 6.61 Å². The first-order valence-corrected chi connectivity index (χ1v) is 12.6. The molecule has 6 nitrogen and oxygen atoms in total. The molecule has 0 aromatic carbocycles. The molecule has 0 aliphatic heterocycles. The second-order valence-electron chi connectivity index (χ2n) is 8.64. The monoisotopic (exact) mass is 453 g/mol. The van der Waals surface area contributed by atoms with Gasteiger partial charge in [-0.25, -0.2) is 0 Å². The lowest BCUT2D eigenvalue weighted by molar-refractivity contribution is -0.149. The zero-order chi connectivity index (χ0) is 24.0. The average molecular weight is 454 g/mol. The largest absolute Gasteiger partial charge is 0.464 e. The molecule has 0 fully saturated rings. The van der Waals surface area contributed by atoms with Crippen molar-refractivity contribution in [1.29, 1.82) is 0 Å². The topological polar surface area (TPSA) is 81.7 Å². The molecule has 0 unspecified atom stereocenters. The smallest absolute Gasteiger partial charge is 0.303 e. The Balaban J connectivity index is 4.06. The highest BCUT2D eigenvalue weighted by molar-refractivity contribution is 5.73. The van der Waals surface area contributed by atoms with Crippen LogP contribution < -0.4 is 5.32 Å². The first-order chi connectivity index (χ1) is 15.4. The van der Waals surface area contributed by atoms with Crippen molar-refractivity contribution < 1.29 is 23.9 Å². The first-order valence-electron chi connectivity index (χ1n) is 12.6. The second kappa shape index (κ2) is 21.0. The lowest BCUT2D eigenvalue weighted by atomic mass is 10.0. The SMILES string of the molecule is CCCCCCCCCCCCCCC/C=C\[C@H](OC(C)=O)[C@H](COC(C)=O)NC(C)=O. The van der Waals surface area contributed by atoms with Crippen LogP contribution >= 0.6 is 0 Å². The summed E-state index contributed by atoms with van der Waals surface area (Å²) in [6.07, 6.45) is 21.1. The van der Waals surface area contributed by atoms with Crippen LogP contribution in [0, 0.1) is 0 Å². The molecule has 0 radical (unpaired) electrons. The maximum atomic E-state index is 11.5. The summed E-state index contributed by atoms with van der Waals surface area (Å²) in [6.45, 7) is 6.22. The summed E-state index contributed by atoms with van der Waals surface area (Å²) in [4.78, 5) is 34.1. The molecule has 0 saturated heterocycles. The highest BCUT2D eigenvalue weighted by Crippen LogP contribution is 2.13. The van der Waals surface area contributed by atoms with E-state index in [2.05, 4.69) is 12.2 Å². The molecular formula is C26H47NO5. The fraction of sp³-hybridized carbons (Fsp3) is 0.808. The maximum Gasteiger partial charge on any atom is 0.303 e. The Morgan fingerprint density at radius 2 is 1.25 bits per heavy atom. The van der Waals surface area contributed by atoms with E-state index in [4.69, 9.17) is 9.47 Å². The minimum atomic E-state index is -0.669. The van der Waals surface area contributed by atoms with Crippen LogP contribution in [-0.2, 0) is 23.9 Å². The molecule has 2 atom stereocenters. The quantitative estimate of drug-likeness (QED) is 0.138. The maximum absolute atomic E-state index is 11.5. The summed E-state index contributed by atoms with van der Waals surface area (Å²) in [5.41, 5.74) is 0. The van der Waals surface area contributed by atoms with Crippen LogP contribution in [0.2, 0.25) is 0 Å². The van der Waals surface area contributed by atoms with E-state index in [1.807, 2.05) is 6.08 Å². The number of esters is 2. The van der Waals surface area contributed by atoms with Crippen molar-refractivity contribution in [2.45, 2.75) is 130 Å². The minimum Gasteiger partial charge on any atom is -0.464 e. The summed E-state index contributed by atoms with van der Waals surface area (Å²) in [5.74, 6) is -1.17. The van der Waals surface area contributed by atoms with E-state index in [0.717, 1.165) is 12.8 Å². The Kier molecular flexibility index (Phi) is 19.8. The number of carbonyl (C=O) groups is 3. The van der Waals surface area contributed by atoms with Gasteiger partial charge in [-0.15, -0.1) is 0 Å². The molecule has 32 heavy (non-hydrogen) atoms. The number of hydrogen-bond donors (Lipinski definition) is 1. The summed E-state index contributed by atoms with van der Waals surface area (Å²) in [5, 5.41) is 2.70. The predicted octanol–water partition coefficient (Wildman–Crippen LogP) is 6.02. The number of carbonyl (C=O) groups excluding carboxylic acids is 3. The lowest BCUT2D eigenvalue weighted by Gasteiger charge is -2.24. The molecule has 0 aromatic heterocycles. The Hall–Kier alpha value is -1.85. The number of nitrogens with one attached hydrogen (secondary N) is 1. The van der Waals surface area contributed by atoms with E-state index >= 15 is 0 Å². The van der Waals surface area contributed by atoms with Gasteiger partial charge in [0.1, 0.15) is 18.8 Å². The highest BCUT2D eigenvalue weighted by Gasteiger charge is 2.24. The van der Waals surface area contributed by atoms with Gasteiger partial charge < -0.3 is 14.8 Å². The van der Waals surface area contributed by atoms with E-state index < -0.39 is 24.1 Å². The molecule has 186 valence electrons. The third-order valence-electron chi connectivity index (χ3n) is 5.35. The highest BCUT2D eigenvalue weighted by atomic mass is 16.6. The van der Waals surface area contributed by atoms with Crippen LogP contribution in [0.15, 0.2) is 12.2 Å². The van der Waals surface area contributed by atoms with Crippen LogP contribution in [-0.4, -0.2) is 36.6 Å². The molecule has 0 rings (SSSR count). The molecule has 0 saturated carbocycles. The Bertz CT molecular complexity index is 532. The van der Waals surface area contributed by atoms with Gasteiger partial charge in [0.15, 0.2) is 0 Å². The molecule has 0 bridgehead atoms. The van der Waals surface area contributed by atoms with Gasteiger partial charge in [0.2, 0.25) is 5.91 Å². The summed E-state index contributed by atoms with van der Waals surface area (Å²) >= 11 is 0. The van der Waals surface area contributed by atoms with E-state index in [-0.39, 0.29) is 12.5 Å². The number of rotatable bonds is 20. The van der Waals surface area contributed by atoms with Crippen molar-refractivity contribution in [3.63, 3.8) is 0 Å². The number of hydrogen-bond acceptors (Lipinski definition) is 5. The van der Waals surface area contributed by atoms with Crippen molar-refractivity contribution in [3.05, 3.63) is 12.2 Å². The molecule has 6 heteroatoms. The van der Waals surface area contributed by atoms with E-state index in [0.29, 0.717) is 0 Å². The third-order valence-corrected chi connectivity index (χ3v) is 5.35. The fourth-order valence-corrected chi connectivity index (χ4v) is 3.64. The normalized spacial score (nSPS) is 13.0. The molecule has 0 aliphatic rings. The van der Waals surface area contributed by atoms with Crippen LogP contribution in [0.25, 0.3) is 0 Å². The molecule has 1 amide bonds. The number of amides is 1. The van der Waals surface area contributed by atoms with Gasteiger partial charge in [0.25, 0.3) is 0 Å². The summed E-state index contributed by atoms with van der Waals surface area (Å²) in [7, 11) is 0. The van der Waals surface area contributed by atoms with Gasteiger partial charge in [-0.05, 0) is 18.9 Å². The van der Waals surface area contributed by atoms with Crippen LogP contribution in [0.4, 0.5) is 0 Å². The Morgan fingerprint density at radius 3 is 1.69 bits per heavy atom. The summed E-state index contributed by atoms with van der Waals surface area (Å²) in [6, 6.07) is -0.608. The van der Waals surface area contributed by atoms with E-state index in [1.165, 1.54) is 97.8 Å². The van der Waals surface area contributed by atoms with Gasteiger partial charge in [-0.2, -0.15) is 0 Å². The fourth-order valence-electron chi connectivity index (χ4n) is 3.64. The van der Waals surface area contributed by atoms with Crippen molar-refractivity contribution in [1.82, 2.24) is 5.32 Å². The van der Waals surface area contributed by atoms with Crippen LogP contribution in [0.5, 0.6) is 0 Å². The van der Waals surface area contributed by atoms with E-state index in [9.17, 15) is 14.4 Å². The van der Waals surface area contributed by atoms with E-state index in [1.54, 1.807) is 6.08 Å². The van der Waals surface area contributed by atoms with Gasteiger partial charge in [0, 0.05) is 20.8 Å². The van der Waals surface area contributed by atoms with Crippen molar-refractivity contribution >= 4 is 17.8 Å². The number of unbranched alkanes of at least 4 members (excludes halogenated alkanes) is 13. The third kappa shape index (κ3) is 20.1. The van der Waals surface area contributed by atoms with Crippen molar-refractivity contribution in [2.24, 2.45) is 0 Å². The minimum absolute atomic E-state index is 0.0457. The Labute approximate surface area is 195 Å². The predicted molar refractivity (Wildman–Crippen MR) is 129 cm³/mol. The average Bonchev–Trinajstić information content (AvgIpc) is 2.72. The van der Waals surface area contributed by atoms with Crippen LogP contribution in [0.3, 0.4) is 0 Å². The molecule has 0 spiro atoms. The van der Waals surface area contributed by atoms with Gasteiger partial charge in [0.05, 0.1) is 0 Å². The molecule has 0 heterocycles. The van der Waals surface area contributed by atoms with Crippen molar-refractivity contribution in [3.8, 4) is 0 Å². The zero-order valence-electron chi connectivity index (χ0n) is 21.0. The molecule has 1 N–H and O–H groups in total. The Morgan fingerprint density at radius 1 is 0.750 bits per heavy atom. The first kappa shape index (κ1) is 30.1. The molecule has 0 aromatic rings. The molecular weight excluding hydrogens is 406 g/mol. The number of allylic oxidation sites excluding steroid dienone is 1. The van der Waals surface area contributed by atoms with Gasteiger partial charge >= 0.3 is 11.9 Å². The van der Waals surface area contributed by atoms with Crippen LogP contribution in [0.1, 0.15) is 118 Å². The standard InChI is InChI=1S/C26H47NO5/c1-5-6-7-8-9-10-11-12-13-14-15-16-17-18-19-20-26(32-24(4)30)25(27-22(2)28)21-31-23(3)29/h19-20,25-26H,5-18,21H2,1-4H3,(H,27,28)/b20-19-/t25-,26-/m0/s1. The van der Waals surface area contributed by atoms with Gasteiger partial charge in [-0.1, -0.05) is 90.0 Å². The second-order valence-corrected chi connectivity index (χ2v) is 8.64. The summed E-state index contributed by atoms with van der Waals surface area (Å²) < 4.78 is 10.4.